The quantitative estimate of drug-likeness (QED) is 0.675. The van der Waals surface area contributed by atoms with Crippen molar-refractivity contribution < 1.29 is 5.11 Å². The van der Waals surface area contributed by atoms with Gasteiger partial charge in [0, 0.05) is 11.6 Å². The molecule has 3 rings (SSSR count). The predicted octanol–water partition coefficient (Wildman–Crippen LogP) is 0.990. The maximum absolute atomic E-state index is 9.47. The van der Waals surface area contributed by atoms with Gasteiger partial charge in [-0.05, 0) is 31.4 Å². The van der Waals surface area contributed by atoms with Gasteiger partial charge in [0.2, 0.25) is 0 Å². The van der Waals surface area contributed by atoms with Gasteiger partial charge in [0.1, 0.15) is 11.6 Å². The first-order valence-corrected chi connectivity index (χ1v) is 6.12. The Labute approximate surface area is 101 Å². The number of hydrogen-bond donors (Lipinski definition) is 3. The number of rotatable bonds is 1. The highest BCUT2D eigenvalue weighted by atomic mass is 16.3. The van der Waals surface area contributed by atoms with Gasteiger partial charge in [0.15, 0.2) is 0 Å². The van der Waals surface area contributed by atoms with Gasteiger partial charge >= 0.3 is 0 Å². The predicted molar refractivity (Wildman–Crippen MR) is 67.2 cm³/mol. The Morgan fingerprint density at radius 2 is 2.24 bits per heavy atom. The topological polar surface area (TPSA) is 70.6 Å². The molecule has 3 atom stereocenters. The molecule has 1 aliphatic heterocycles. The molecule has 1 aliphatic carbocycles. The molecule has 0 amide bonds. The van der Waals surface area contributed by atoms with Crippen molar-refractivity contribution >= 4 is 5.84 Å². The van der Waals surface area contributed by atoms with Crippen LogP contribution >= 0.6 is 0 Å². The lowest BCUT2D eigenvalue weighted by molar-refractivity contribution is 0.347. The number of aliphatic imine (C=N–C) groups is 1. The Morgan fingerprint density at radius 3 is 3.06 bits per heavy atom. The van der Waals surface area contributed by atoms with Crippen molar-refractivity contribution in [3.8, 4) is 5.75 Å². The van der Waals surface area contributed by atoms with E-state index in [-0.39, 0.29) is 5.75 Å². The zero-order valence-electron chi connectivity index (χ0n) is 9.63. The maximum Gasteiger partial charge on any atom is 0.129 e. The van der Waals surface area contributed by atoms with E-state index < -0.39 is 0 Å². The summed E-state index contributed by atoms with van der Waals surface area (Å²) in [7, 11) is 0. The van der Waals surface area contributed by atoms with Crippen LogP contribution < -0.4 is 11.1 Å². The van der Waals surface area contributed by atoms with Gasteiger partial charge in [0.05, 0.1) is 12.1 Å². The Balaban J connectivity index is 1.82. The lowest BCUT2D eigenvalue weighted by Crippen LogP contribution is -2.44. The molecule has 1 saturated carbocycles. The largest absolute Gasteiger partial charge is 0.508 e. The maximum atomic E-state index is 9.47. The van der Waals surface area contributed by atoms with E-state index in [0.29, 0.717) is 18.1 Å². The van der Waals surface area contributed by atoms with Crippen LogP contribution in [0, 0.1) is 0 Å². The fraction of sp³-hybridized carbons (Fsp3) is 0.462. The molecule has 90 valence electrons. The summed E-state index contributed by atoms with van der Waals surface area (Å²) < 4.78 is 0. The molecule has 0 bridgehead atoms. The summed E-state index contributed by atoms with van der Waals surface area (Å²) in [6, 6.07) is 8.22. The van der Waals surface area contributed by atoms with Gasteiger partial charge in [-0.1, -0.05) is 12.1 Å². The van der Waals surface area contributed by atoms with Crippen molar-refractivity contribution in [1.82, 2.24) is 5.32 Å². The summed E-state index contributed by atoms with van der Waals surface area (Å²) >= 11 is 0. The SMILES string of the molecule is NC1CCC2N=C(c3cccc(O)c3)NC2C1. The van der Waals surface area contributed by atoms with E-state index in [1.165, 1.54) is 0 Å². The van der Waals surface area contributed by atoms with Crippen molar-refractivity contribution in [2.75, 3.05) is 0 Å². The fourth-order valence-corrected chi connectivity index (χ4v) is 2.69. The monoisotopic (exact) mass is 231 g/mol. The first kappa shape index (κ1) is 10.6. The molecule has 3 unspecified atom stereocenters. The molecular formula is C13H17N3O. The number of hydrogen-bond acceptors (Lipinski definition) is 4. The van der Waals surface area contributed by atoms with Gasteiger partial charge in [-0.25, -0.2) is 0 Å². The normalized spacial score (nSPS) is 31.6. The minimum atomic E-state index is 0.276. The number of phenols is 1. The van der Waals surface area contributed by atoms with Crippen LogP contribution in [0.3, 0.4) is 0 Å². The van der Waals surface area contributed by atoms with Crippen LogP contribution in [-0.2, 0) is 0 Å². The summed E-state index contributed by atoms with van der Waals surface area (Å²) in [5.41, 5.74) is 6.92. The van der Waals surface area contributed by atoms with E-state index in [2.05, 4.69) is 5.32 Å². The third-order valence-corrected chi connectivity index (χ3v) is 3.59. The number of nitrogens with two attached hydrogens (primary N) is 1. The summed E-state index contributed by atoms with van der Waals surface area (Å²) in [5.74, 6) is 1.17. The average Bonchev–Trinajstić information content (AvgIpc) is 2.72. The number of nitrogens with zero attached hydrogens (tertiary/aromatic N) is 1. The minimum Gasteiger partial charge on any atom is -0.508 e. The molecule has 4 heteroatoms. The Morgan fingerprint density at radius 1 is 1.35 bits per heavy atom. The van der Waals surface area contributed by atoms with Crippen LogP contribution in [0.2, 0.25) is 0 Å². The van der Waals surface area contributed by atoms with E-state index in [9.17, 15) is 5.11 Å². The van der Waals surface area contributed by atoms with Crippen molar-refractivity contribution in [3.63, 3.8) is 0 Å². The number of amidine groups is 1. The molecule has 4 nitrogen and oxygen atoms in total. The lowest BCUT2D eigenvalue weighted by Gasteiger charge is -2.28. The summed E-state index contributed by atoms with van der Waals surface area (Å²) in [5, 5.41) is 12.9. The highest BCUT2D eigenvalue weighted by Crippen LogP contribution is 2.26. The Kier molecular flexibility index (Phi) is 2.52. The van der Waals surface area contributed by atoms with E-state index in [1.807, 2.05) is 12.1 Å². The molecule has 1 aromatic rings. The smallest absolute Gasteiger partial charge is 0.129 e. The second-order valence-corrected chi connectivity index (χ2v) is 4.92. The van der Waals surface area contributed by atoms with E-state index >= 15 is 0 Å². The Bertz CT molecular complexity index is 458. The average molecular weight is 231 g/mol. The van der Waals surface area contributed by atoms with Crippen LogP contribution in [-0.4, -0.2) is 29.1 Å². The van der Waals surface area contributed by atoms with Crippen molar-refractivity contribution in [3.05, 3.63) is 29.8 Å². The fourth-order valence-electron chi connectivity index (χ4n) is 2.69. The molecule has 0 aromatic heterocycles. The summed E-state index contributed by atoms with van der Waals surface area (Å²) in [6.07, 6.45) is 3.09. The van der Waals surface area contributed by atoms with Gasteiger partial charge in [-0.15, -0.1) is 0 Å². The molecule has 0 spiro atoms. The molecule has 2 aliphatic rings. The van der Waals surface area contributed by atoms with Gasteiger partial charge in [-0.2, -0.15) is 0 Å². The zero-order chi connectivity index (χ0) is 11.8. The second kappa shape index (κ2) is 4.04. The van der Waals surface area contributed by atoms with Gasteiger partial charge in [0.25, 0.3) is 0 Å². The van der Waals surface area contributed by atoms with Crippen LogP contribution in [0.25, 0.3) is 0 Å². The third-order valence-electron chi connectivity index (χ3n) is 3.59. The van der Waals surface area contributed by atoms with Crippen LogP contribution in [0.4, 0.5) is 0 Å². The number of aromatic hydroxyl groups is 1. The zero-order valence-corrected chi connectivity index (χ0v) is 9.63. The van der Waals surface area contributed by atoms with Crippen molar-refractivity contribution in [2.24, 2.45) is 10.7 Å². The first-order valence-electron chi connectivity index (χ1n) is 6.12. The van der Waals surface area contributed by atoms with E-state index in [4.69, 9.17) is 10.7 Å². The lowest BCUT2D eigenvalue weighted by atomic mass is 9.88. The van der Waals surface area contributed by atoms with Gasteiger partial charge in [-0.3, -0.25) is 4.99 Å². The van der Waals surface area contributed by atoms with Crippen LogP contribution in [0.1, 0.15) is 24.8 Å². The molecule has 1 fully saturated rings. The molecule has 1 heterocycles. The number of fused-ring (bicyclic) bond motifs is 1. The molecule has 0 radical (unpaired) electrons. The van der Waals surface area contributed by atoms with Crippen LogP contribution in [0.15, 0.2) is 29.3 Å². The number of nitrogens with one attached hydrogen (secondary N) is 1. The molecule has 4 N–H and O–H groups in total. The summed E-state index contributed by atoms with van der Waals surface area (Å²) in [6.45, 7) is 0. The first-order chi connectivity index (χ1) is 8.22. The molecule has 1 aromatic carbocycles. The highest BCUT2D eigenvalue weighted by Gasteiger charge is 2.34. The minimum absolute atomic E-state index is 0.276. The number of phenolic OH excluding ortho intramolecular Hbond substituents is 1. The van der Waals surface area contributed by atoms with Crippen LogP contribution in [0.5, 0.6) is 5.75 Å². The van der Waals surface area contributed by atoms with E-state index in [1.54, 1.807) is 12.1 Å². The van der Waals surface area contributed by atoms with Crippen molar-refractivity contribution in [2.45, 2.75) is 37.4 Å². The standard InChI is InChI=1S/C13H17N3O/c14-9-4-5-11-12(7-9)16-13(15-11)8-2-1-3-10(17)6-8/h1-3,6,9,11-12,17H,4-5,7,14H2,(H,15,16). The Hall–Kier alpha value is -1.55. The molecular weight excluding hydrogens is 214 g/mol. The third kappa shape index (κ3) is 2.00. The van der Waals surface area contributed by atoms with Crippen molar-refractivity contribution in [1.29, 1.82) is 0 Å². The molecule has 17 heavy (non-hydrogen) atoms. The highest BCUT2D eigenvalue weighted by molar-refractivity contribution is 6.00. The summed E-state index contributed by atoms with van der Waals surface area (Å²) in [4.78, 5) is 4.69. The second-order valence-electron chi connectivity index (χ2n) is 4.92. The number of benzene rings is 1. The van der Waals surface area contributed by atoms with Gasteiger partial charge < -0.3 is 16.2 Å². The van der Waals surface area contributed by atoms with E-state index in [0.717, 1.165) is 30.7 Å². The molecule has 0 saturated heterocycles.